The molecule has 1 aliphatic heterocycles. The maximum atomic E-state index is 7.26. The van der Waals surface area contributed by atoms with Crippen LogP contribution in [-0.4, -0.2) is 26.5 Å². The second-order valence-electron chi connectivity index (χ2n) is 9.39. The Morgan fingerprint density at radius 3 is 1.65 bits per heavy atom. The molecule has 0 aromatic carbocycles. The van der Waals surface area contributed by atoms with Gasteiger partial charge in [0, 0.05) is 6.04 Å². The molecule has 3 fully saturated rings. The zero-order valence-corrected chi connectivity index (χ0v) is 16.8. The lowest BCUT2D eigenvalue weighted by Crippen LogP contribution is -2.63. The minimum Gasteiger partial charge on any atom is -0.410 e. The van der Waals surface area contributed by atoms with Crippen LogP contribution in [0.1, 0.15) is 77.0 Å². The summed E-state index contributed by atoms with van der Waals surface area (Å²) in [6.07, 6.45) is 17.0. The highest BCUT2D eigenvalue weighted by Gasteiger charge is 2.53. The van der Waals surface area contributed by atoms with E-state index in [4.69, 9.17) is 4.43 Å². The van der Waals surface area contributed by atoms with Crippen molar-refractivity contribution in [3.63, 3.8) is 0 Å². The largest absolute Gasteiger partial charge is 0.410 e. The molecule has 3 aliphatic rings. The number of rotatable bonds is 5. The van der Waals surface area contributed by atoms with E-state index in [1.165, 1.54) is 83.6 Å². The molecule has 1 atom stereocenters. The summed E-state index contributed by atoms with van der Waals surface area (Å²) in [6.45, 7) is 8.47. The molecule has 3 heteroatoms. The van der Waals surface area contributed by atoms with Crippen LogP contribution in [0, 0.1) is 11.8 Å². The fraction of sp³-hybridized carbons (Fsp3) is 1.00. The average molecular weight is 338 g/mol. The van der Waals surface area contributed by atoms with Crippen molar-refractivity contribution < 1.29 is 4.43 Å². The zero-order valence-electron chi connectivity index (χ0n) is 15.8. The smallest absolute Gasteiger partial charge is 0.184 e. The van der Waals surface area contributed by atoms with E-state index in [-0.39, 0.29) is 5.60 Å². The van der Waals surface area contributed by atoms with E-state index in [1.54, 1.807) is 0 Å². The molecule has 2 saturated carbocycles. The van der Waals surface area contributed by atoms with Crippen molar-refractivity contribution in [2.75, 3.05) is 6.54 Å². The summed E-state index contributed by atoms with van der Waals surface area (Å²) in [5.41, 5.74) is 0.155. The molecule has 2 nitrogen and oxygen atoms in total. The van der Waals surface area contributed by atoms with Crippen LogP contribution in [0.5, 0.6) is 0 Å². The van der Waals surface area contributed by atoms with Crippen molar-refractivity contribution >= 4 is 8.32 Å². The highest BCUT2D eigenvalue weighted by Crippen LogP contribution is 2.49. The van der Waals surface area contributed by atoms with Crippen molar-refractivity contribution in [3.05, 3.63) is 0 Å². The van der Waals surface area contributed by atoms with Gasteiger partial charge >= 0.3 is 0 Å². The van der Waals surface area contributed by atoms with E-state index in [2.05, 4.69) is 25.0 Å². The summed E-state index contributed by atoms with van der Waals surface area (Å²) in [4.78, 5) is 0. The van der Waals surface area contributed by atoms with Crippen LogP contribution in [0.25, 0.3) is 0 Å². The predicted molar refractivity (Wildman–Crippen MR) is 101 cm³/mol. The van der Waals surface area contributed by atoms with Gasteiger partial charge in [-0.2, -0.15) is 0 Å². The van der Waals surface area contributed by atoms with Gasteiger partial charge in [0.15, 0.2) is 8.32 Å². The highest BCUT2D eigenvalue weighted by atomic mass is 28.4. The standard InChI is InChI=1S/C20H39NOSi/c1-23(2,3)22-20(19-15-10-16-21-19,17-11-6-4-7-12-17)18-13-8-5-9-14-18/h17-19,21H,4-16H2,1-3H3/t19-/m0/s1. The molecule has 1 saturated heterocycles. The molecule has 1 N–H and O–H groups in total. The highest BCUT2D eigenvalue weighted by molar-refractivity contribution is 6.69. The Kier molecular flexibility index (Phi) is 5.91. The summed E-state index contributed by atoms with van der Waals surface area (Å²) in [6, 6.07) is 0.625. The van der Waals surface area contributed by atoms with Crippen molar-refractivity contribution in [1.82, 2.24) is 5.32 Å². The fourth-order valence-corrected chi connectivity index (χ4v) is 7.38. The lowest BCUT2D eigenvalue weighted by molar-refractivity contribution is -0.0986. The lowest BCUT2D eigenvalue weighted by Gasteiger charge is -2.55. The second kappa shape index (κ2) is 7.57. The summed E-state index contributed by atoms with van der Waals surface area (Å²) < 4.78 is 7.26. The molecular weight excluding hydrogens is 298 g/mol. The van der Waals surface area contributed by atoms with Gasteiger partial charge in [0.2, 0.25) is 0 Å². The first-order chi connectivity index (χ1) is 11.0. The third-order valence-electron chi connectivity index (χ3n) is 6.57. The topological polar surface area (TPSA) is 21.3 Å². The number of nitrogens with one attached hydrogen (secondary N) is 1. The zero-order chi connectivity index (χ0) is 16.3. The Hall–Kier alpha value is 0.137. The Morgan fingerprint density at radius 1 is 0.739 bits per heavy atom. The van der Waals surface area contributed by atoms with E-state index in [9.17, 15) is 0 Å². The van der Waals surface area contributed by atoms with Crippen LogP contribution >= 0.6 is 0 Å². The molecule has 1 heterocycles. The normalized spacial score (nSPS) is 29.1. The lowest BCUT2D eigenvalue weighted by atomic mass is 9.63. The van der Waals surface area contributed by atoms with Gasteiger partial charge in [-0.1, -0.05) is 38.5 Å². The van der Waals surface area contributed by atoms with E-state index in [0.717, 1.165) is 11.8 Å². The maximum absolute atomic E-state index is 7.26. The van der Waals surface area contributed by atoms with Crippen LogP contribution in [0.3, 0.4) is 0 Å². The fourth-order valence-electron chi connectivity index (χ4n) is 5.85. The Bertz CT molecular complexity index is 342. The van der Waals surface area contributed by atoms with Gasteiger partial charge in [0.1, 0.15) is 0 Å². The van der Waals surface area contributed by atoms with Crippen molar-refractivity contribution in [2.45, 2.75) is 108 Å². The van der Waals surface area contributed by atoms with Crippen molar-refractivity contribution in [3.8, 4) is 0 Å². The molecular formula is C20H39NOSi. The minimum absolute atomic E-state index is 0.155. The molecule has 0 aromatic rings. The Morgan fingerprint density at radius 2 is 1.26 bits per heavy atom. The van der Waals surface area contributed by atoms with Crippen molar-refractivity contribution in [2.24, 2.45) is 11.8 Å². The van der Waals surface area contributed by atoms with Gasteiger partial charge in [-0.15, -0.1) is 0 Å². The van der Waals surface area contributed by atoms with Crippen LogP contribution < -0.4 is 5.32 Å². The maximum Gasteiger partial charge on any atom is 0.184 e. The predicted octanol–water partition coefficient (Wildman–Crippen LogP) is 5.49. The van der Waals surface area contributed by atoms with Crippen LogP contribution in [0.4, 0.5) is 0 Å². The molecule has 2 aliphatic carbocycles. The SMILES string of the molecule is C[Si](C)(C)OC(C1CCCCC1)(C1CCCCC1)[C@@H]1CCCN1. The van der Waals surface area contributed by atoms with Crippen molar-refractivity contribution in [1.29, 1.82) is 0 Å². The average Bonchev–Trinajstić information content (AvgIpc) is 3.08. The van der Waals surface area contributed by atoms with Crippen LogP contribution in [0.15, 0.2) is 0 Å². The van der Waals surface area contributed by atoms with Gasteiger partial charge in [-0.25, -0.2) is 0 Å². The Balaban J connectivity index is 1.95. The van der Waals surface area contributed by atoms with Gasteiger partial charge < -0.3 is 9.74 Å². The summed E-state index contributed by atoms with van der Waals surface area (Å²) in [5.74, 6) is 1.61. The molecule has 134 valence electrons. The monoisotopic (exact) mass is 337 g/mol. The van der Waals surface area contributed by atoms with Gasteiger partial charge in [0.05, 0.1) is 5.60 Å². The molecule has 0 aromatic heterocycles. The molecule has 0 spiro atoms. The number of hydrogen-bond donors (Lipinski definition) is 1. The third-order valence-corrected chi connectivity index (χ3v) is 7.54. The summed E-state index contributed by atoms with van der Waals surface area (Å²) in [7, 11) is -1.57. The first-order valence-electron chi connectivity index (χ1n) is 10.5. The van der Waals surface area contributed by atoms with Crippen LogP contribution in [-0.2, 0) is 4.43 Å². The second-order valence-corrected chi connectivity index (χ2v) is 13.8. The quantitative estimate of drug-likeness (QED) is 0.670. The molecule has 0 amide bonds. The Labute approximate surface area is 145 Å². The van der Waals surface area contributed by atoms with E-state index in [0.29, 0.717) is 6.04 Å². The van der Waals surface area contributed by atoms with E-state index < -0.39 is 8.32 Å². The number of hydrogen-bond acceptors (Lipinski definition) is 2. The molecule has 23 heavy (non-hydrogen) atoms. The van der Waals surface area contributed by atoms with E-state index in [1.807, 2.05) is 0 Å². The van der Waals surface area contributed by atoms with Gasteiger partial charge in [-0.05, 0) is 76.5 Å². The van der Waals surface area contributed by atoms with E-state index >= 15 is 0 Å². The van der Waals surface area contributed by atoms with Gasteiger partial charge in [0.25, 0.3) is 0 Å². The third kappa shape index (κ3) is 4.04. The minimum atomic E-state index is -1.57. The first kappa shape index (κ1) is 17.9. The molecule has 3 rings (SSSR count). The molecule has 0 unspecified atom stereocenters. The summed E-state index contributed by atoms with van der Waals surface area (Å²) >= 11 is 0. The van der Waals surface area contributed by atoms with Gasteiger partial charge in [-0.3, -0.25) is 0 Å². The van der Waals surface area contributed by atoms with Crippen LogP contribution in [0.2, 0.25) is 19.6 Å². The summed E-state index contributed by atoms with van der Waals surface area (Å²) in [5, 5.41) is 3.91. The first-order valence-corrected chi connectivity index (χ1v) is 13.9. The molecule has 0 radical (unpaired) electrons. The molecule has 0 bridgehead atoms.